The summed E-state index contributed by atoms with van der Waals surface area (Å²) in [6.45, 7) is 11.5. The molecule has 2 heteroatoms. The van der Waals surface area contributed by atoms with Crippen LogP contribution in [0, 0.1) is 5.92 Å². The van der Waals surface area contributed by atoms with Crippen molar-refractivity contribution in [3.8, 4) is 0 Å². The predicted octanol–water partition coefficient (Wildman–Crippen LogP) is 4.36. The maximum absolute atomic E-state index is 11.6. The number of carbonyl (C=O) groups excluding carboxylic acids is 2. The van der Waals surface area contributed by atoms with Gasteiger partial charge in [-0.05, 0) is 19.4 Å². The summed E-state index contributed by atoms with van der Waals surface area (Å²) < 4.78 is 0. The van der Waals surface area contributed by atoms with Gasteiger partial charge in [0.15, 0.2) is 11.6 Å². The minimum Gasteiger partial charge on any atom is -0.294 e. The van der Waals surface area contributed by atoms with E-state index < -0.39 is 0 Å². The number of hydrogen-bond donors (Lipinski definition) is 0. The Bertz CT molecular complexity index is 291. The summed E-state index contributed by atoms with van der Waals surface area (Å²) in [5.41, 5.74) is 0.348. The number of carbonyl (C=O) groups is 2. The van der Waals surface area contributed by atoms with Crippen LogP contribution in [0.15, 0.2) is 23.8 Å². The zero-order valence-electron chi connectivity index (χ0n) is 12.0. The van der Waals surface area contributed by atoms with Crippen LogP contribution in [0.5, 0.6) is 0 Å². The van der Waals surface area contributed by atoms with E-state index in [1.54, 1.807) is 12.2 Å². The maximum atomic E-state index is 11.6. The van der Waals surface area contributed by atoms with Crippen molar-refractivity contribution >= 4 is 11.6 Å². The van der Waals surface area contributed by atoms with Gasteiger partial charge in [-0.25, -0.2) is 0 Å². The molecule has 0 heterocycles. The minimum absolute atomic E-state index is 0. The van der Waals surface area contributed by atoms with Gasteiger partial charge in [-0.15, -0.1) is 0 Å². The molecule has 1 aliphatic rings. The Kier molecular flexibility index (Phi) is 12.1. The van der Waals surface area contributed by atoms with Gasteiger partial charge in [0.2, 0.25) is 0 Å². The molecule has 100 valence electrons. The standard InChI is InChI=1S/C11H14O2.2C2H6.H2/c1-3-5-9-6-4-7-10(8(2)12)11(9)13;2*1-2;/h4,6-7,9H,3,5H2,1-2H3;2*1-2H3;1H. The first-order valence-electron chi connectivity index (χ1n) is 6.60. The second-order valence-electron chi connectivity index (χ2n) is 3.28. The van der Waals surface area contributed by atoms with Crippen LogP contribution >= 0.6 is 0 Å². The molecule has 1 rings (SSSR count). The Hall–Kier alpha value is -1.18. The van der Waals surface area contributed by atoms with Crippen molar-refractivity contribution < 1.29 is 11.0 Å². The van der Waals surface area contributed by atoms with E-state index in [-0.39, 0.29) is 18.9 Å². The van der Waals surface area contributed by atoms with Crippen LogP contribution in [0.3, 0.4) is 0 Å². The molecule has 0 aromatic carbocycles. The number of allylic oxidation sites excluding steroid dienone is 4. The van der Waals surface area contributed by atoms with Crippen LogP contribution < -0.4 is 0 Å². The van der Waals surface area contributed by atoms with Crippen molar-refractivity contribution in [1.82, 2.24) is 0 Å². The molecule has 17 heavy (non-hydrogen) atoms. The van der Waals surface area contributed by atoms with Gasteiger partial charge in [0.1, 0.15) is 0 Å². The van der Waals surface area contributed by atoms with E-state index in [4.69, 9.17) is 0 Å². The topological polar surface area (TPSA) is 34.1 Å². The Balaban J connectivity index is -0.000000409. The largest absolute Gasteiger partial charge is 0.294 e. The first-order chi connectivity index (χ1) is 8.16. The van der Waals surface area contributed by atoms with Crippen molar-refractivity contribution in [2.24, 2.45) is 5.92 Å². The normalized spacial score (nSPS) is 17.2. The van der Waals surface area contributed by atoms with Crippen molar-refractivity contribution in [2.45, 2.75) is 54.4 Å². The molecule has 1 aliphatic carbocycles. The average molecular weight is 240 g/mol. The molecular weight excluding hydrogens is 212 g/mol. The van der Waals surface area contributed by atoms with E-state index in [2.05, 4.69) is 0 Å². The van der Waals surface area contributed by atoms with Crippen LogP contribution in [0.4, 0.5) is 0 Å². The zero-order valence-corrected chi connectivity index (χ0v) is 12.0. The molecule has 0 aromatic heterocycles. The number of ketones is 2. The summed E-state index contributed by atoms with van der Waals surface area (Å²) in [5, 5.41) is 0. The van der Waals surface area contributed by atoms with Crippen LogP contribution in [-0.4, -0.2) is 11.6 Å². The predicted molar refractivity (Wildman–Crippen MR) is 76.1 cm³/mol. The highest BCUT2D eigenvalue weighted by Gasteiger charge is 2.23. The molecular formula is C15H28O2. The van der Waals surface area contributed by atoms with Gasteiger partial charge in [0.05, 0.1) is 5.57 Å². The molecule has 1 unspecified atom stereocenters. The van der Waals surface area contributed by atoms with Crippen LogP contribution in [0.1, 0.15) is 55.8 Å². The SMILES string of the molecule is CC.CC.CCCC1C=CC=C(C(C)=O)C1=O.[HH]. The summed E-state index contributed by atoms with van der Waals surface area (Å²) in [7, 11) is 0. The lowest BCUT2D eigenvalue weighted by Gasteiger charge is -2.14. The summed E-state index contributed by atoms with van der Waals surface area (Å²) in [4.78, 5) is 22.7. The Morgan fingerprint density at radius 3 is 2.24 bits per heavy atom. The highest BCUT2D eigenvalue weighted by molar-refractivity contribution is 6.21. The monoisotopic (exact) mass is 240 g/mol. The molecule has 0 aromatic rings. The third-order valence-electron chi connectivity index (χ3n) is 2.19. The van der Waals surface area contributed by atoms with E-state index in [9.17, 15) is 9.59 Å². The van der Waals surface area contributed by atoms with Gasteiger partial charge >= 0.3 is 0 Å². The van der Waals surface area contributed by atoms with Crippen LogP contribution in [-0.2, 0) is 9.59 Å². The third kappa shape index (κ3) is 6.20. The second kappa shape index (κ2) is 11.3. The minimum atomic E-state index is -0.129. The molecule has 0 bridgehead atoms. The van der Waals surface area contributed by atoms with Crippen LogP contribution in [0.2, 0.25) is 0 Å². The summed E-state index contributed by atoms with van der Waals surface area (Å²) in [6.07, 6.45) is 7.08. The fourth-order valence-electron chi connectivity index (χ4n) is 1.48. The zero-order chi connectivity index (χ0) is 13.8. The highest BCUT2D eigenvalue weighted by Crippen LogP contribution is 2.19. The summed E-state index contributed by atoms with van der Waals surface area (Å²) >= 11 is 0. The van der Waals surface area contributed by atoms with Crippen molar-refractivity contribution in [2.75, 3.05) is 0 Å². The highest BCUT2D eigenvalue weighted by atomic mass is 16.1. The summed E-state index contributed by atoms with van der Waals surface area (Å²) in [6, 6.07) is 0. The third-order valence-corrected chi connectivity index (χ3v) is 2.19. The Morgan fingerprint density at radius 1 is 1.29 bits per heavy atom. The van der Waals surface area contributed by atoms with Crippen molar-refractivity contribution in [3.05, 3.63) is 23.8 Å². The number of Topliss-reactive ketones (excluding diaryl/α,β-unsaturated/α-hetero) is 2. The van der Waals surface area contributed by atoms with E-state index in [1.165, 1.54) is 6.92 Å². The van der Waals surface area contributed by atoms with Gasteiger partial charge in [0, 0.05) is 7.34 Å². The van der Waals surface area contributed by atoms with E-state index in [1.807, 2.05) is 40.7 Å². The molecule has 0 spiro atoms. The lowest BCUT2D eigenvalue weighted by molar-refractivity contribution is -0.122. The Labute approximate surface area is 107 Å². The average Bonchev–Trinajstić information content (AvgIpc) is 2.37. The van der Waals surface area contributed by atoms with Gasteiger partial charge < -0.3 is 0 Å². The molecule has 1 atom stereocenters. The van der Waals surface area contributed by atoms with Gasteiger partial charge in [-0.2, -0.15) is 0 Å². The van der Waals surface area contributed by atoms with Gasteiger partial charge in [-0.1, -0.05) is 53.2 Å². The molecule has 0 saturated heterocycles. The Morgan fingerprint density at radius 2 is 1.82 bits per heavy atom. The lowest BCUT2D eigenvalue weighted by Crippen LogP contribution is -2.20. The lowest BCUT2D eigenvalue weighted by atomic mass is 9.88. The van der Waals surface area contributed by atoms with E-state index >= 15 is 0 Å². The van der Waals surface area contributed by atoms with E-state index in [0.29, 0.717) is 5.57 Å². The molecule has 0 amide bonds. The molecule has 2 nitrogen and oxygen atoms in total. The number of rotatable bonds is 3. The second-order valence-corrected chi connectivity index (χ2v) is 3.28. The van der Waals surface area contributed by atoms with Gasteiger partial charge in [-0.3, -0.25) is 9.59 Å². The number of hydrogen-bond acceptors (Lipinski definition) is 2. The van der Waals surface area contributed by atoms with Crippen molar-refractivity contribution in [3.63, 3.8) is 0 Å². The first-order valence-corrected chi connectivity index (χ1v) is 6.60. The van der Waals surface area contributed by atoms with Crippen LogP contribution in [0.25, 0.3) is 0 Å². The smallest absolute Gasteiger partial charge is 0.173 e. The van der Waals surface area contributed by atoms with Gasteiger partial charge in [0.25, 0.3) is 0 Å². The van der Waals surface area contributed by atoms with E-state index in [0.717, 1.165) is 12.8 Å². The summed E-state index contributed by atoms with van der Waals surface area (Å²) in [5.74, 6) is -0.221. The molecule has 0 radical (unpaired) electrons. The quantitative estimate of drug-likeness (QED) is 0.687. The first kappa shape index (κ1) is 18.2. The van der Waals surface area contributed by atoms with Crippen molar-refractivity contribution in [1.29, 1.82) is 0 Å². The maximum Gasteiger partial charge on any atom is 0.173 e. The molecule has 0 aliphatic heterocycles. The fourth-order valence-corrected chi connectivity index (χ4v) is 1.48. The molecule has 0 saturated carbocycles. The molecule has 0 fully saturated rings. The molecule has 0 N–H and O–H groups in total. The fraction of sp³-hybridized carbons (Fsp3) is 0.600.